The highest BCUT2D eigenvalue weighted by Crippen LogP contribution is 2.20. The van der Waals surface area contributed by atoms with E-state index in [1.807, 2.05) is 20.8 Å². The highest BCUT2D eigenvalue weighted by atomic mass is 19.1. The lowest BCUT2D eigenvalue weighted by Gasteiger charge is -2.10. The summed E-state index contributed by atoms with van der Waals surface area (Å²) in [6.45, 7) is 6.58. The maximum Gasteiger partial charge on any atom is 0.151 e. The topological polar surface area (TPSA) is 42.7 Å². The Kier molecular flexibility index (Phi) is 3.90. The van der Waals surface area contributed by atoms with Crippen molar-refractivity contribution in [3.05, 3.63) is 41.2 Å². The number of rotatable bonds is 4. The van der Waals surface area contributed by atoms with Gasteiger partial charge in [0.1, 0.15) is 17.2 Å². The maximum absolute atomic E-state index is 13.7. The lowest BCUT2D eigenvalue weighted by atomic mass is 10.2. The predicted octanol–water partition coefficient (Wildman–Crippen LogP) is 2.52. The van der Waals surface area contributed by atoms with Crippen LogP contribution in [0.1, 0.15) is 31.3 Å². The molecule has 0 aliphatic carbocycles. The van der Waals surface area contributed by atoms with E-state index in [1.165, 1.54) is 16.8 Å². The van der Waals surface area contributed by atoms with Gasteiger partial charge in [-0.15, -0.1) is 5.10 Å². The van der Waals surface area contributed by atoms with Gasteiger partial charge in [0.15, 0.2) is 5.82 Å². The van der Waals surface area contributed by atoms with Crippen molar-refractivity contribution in [2.75, 3.05) is 6.54 Å². The SMILES string of the molecule is CCNC(C)c1nnn(-c2ccc(F)cc2F)c1C. The Morgan fingerprint density at radius 2 is 2.11 bits per heavy atom. The van der Waals surface area contributed by atoms with Crippen LogP contribution >= 0.6 is 0 Å². The lowest BCUT2D eigenvalue weighted by molar-refractivity contribution is 0.570. The van der Waals surface area contributed by atoms with Crippen molar-refractivity contribution in [3.8, 4) is 5.69 Å². The first-order chi connectivity index (χ1) is 9.04. The Bertz CT molecular complexity index is 580. The molecule has 1 heterocycles. The average Bonchev–Trinajstić information content (AvgIpc) is 2.72. The van der Waals surface area contributed by atoms with Crippen molar-refractivity contribution in [1.29, 1.82) is 0 Å². The van der Waals surface area contributed by atoms with Crippen molar-refractivity contribution in [1.82, 2.24) is 20.3 Å². The van der Waals surface area contributed by atoms with E-state index in [0.717, 1.165) is 24.0 Å². The zero-order valence-corrected chi connectivity index (χ0v) is 11.1. The van der Waals surface area contributed by atoms with Crippen LogP contribution in [-0.2, 0) is 0 Å². The van der Waals surface area contributed by atoms with E-state index >= 15 is 0 Å². The first kappa shape index (κ1) is 13.6. The normalized spacial score (nSPS) is 12.7. The molecular weight excluding hydrogens is 250 g/mol. The number of benzene rings is 1. The minimum atomic E-state index is -0.657. The van der Waals surface area contributed by atoms with Crippen LogP contribution in [0.5, 0.6) is 0 Å². The molecular formula is C13H16F2N4. The van der Waals surface area contributed by atoms with Gasteiger partial charge in [0.05, 0.1) is 11.7 Å². The molecule has 0 radical (unpaired) electrons. The molecule has 1 unspecified atom stereocenters. The van der Waals surface area contributed by atoms with E-state index < -0.39 is 11.6 Å². The Balaban J connectivity index is 2.41. The molecule has 4 nitrogen and oxygen atoms in total. The van der Waals surface area contributed by atoms with Gasteiger partial charge in [-0.3, -0.25) is 0 Å². The Hall–Kier alpha value is -1.82. The smallest absolute Gasteiger partial charge is 0.151 e. The average molecular weight is 266 g/mol. The van der Waals surface area contributed by atoms with Crippen molar-refractivity contribution >= 4 is 0 Å². The summed E-state index contributed by atoms with van der Waals surface area (Å²) in [5.41, 5.74) is 1.69. The Morgan fingerprint density at radius 3 is 2.74 bits per heavy atom. The second-order valence-corrected chi connectivity index (χ2v) is 4.35. The zero-order valence-electron chi connectivity index (χ0n) is 11.1. The molecule has 0 saturated carbocycles. The molecule has 6 heteroatoms. The fourth-order valence-corrected chi connectivity index (χ4v) is 2.03. The van der Waals surface area contributed by atoms with Gasteiger partial charge >= 0.3 is 0 Å². The van der Waals surface area contributed by atoms with Gasteiger partial charge in [0.25, 0.3) is 0 Å². The quantitative estimate of drug-likeness (QED) is 0.924. The molecule has 0 fully saturated rings. The highest BCUT2D eigenvalue weighted by molar-refractivity contribution is 5.35. The maximum atomic E-state index is 13.7. The third kappa shape index (κ3) is 2.63. The monoisotopic (exact) mass is 266 g/mol. The van der Waals surface area contributed by atoms with Crippen LogP contribution in [0, 0.1) is 18.6 Å². The molecule has 19 heavy (non-hydrogen) atoms. The second-order valence-electron chi connectivity index (χ2n) is 4.35. The molecule has 0 amide bonds. The van der Waals surface area contributed by atoms with Crippen LogP contribution in [0.25, 0.3) is 5.69 Å². The molecule has 2 aromatic rings. The third-order valence-corrected chi connectivity index (χ3v) is 2.99. The summed E-state index contributed by atoms with van der Waals surface area (Å²) >= 11 is 0. The molecule has 0 saturated heterocycles. The van der Waals surface area contributed by atoms with Gasteiger partial charge < -0.3 is 5.32 Å². The minimum absolute atomic E-state index is 0.0299. The van der Waals surface area contributed by atoms with E-state index in [-0.39, 0.29) is 11.7 Å². The second kappa shape index (κ2) is 5.44. The van der Waals surface area contributed by atoms with E-state index in [9.17, 15) is 8.78 Å². The molecule has 1 aromatic carbocycles. The van der Waals surface area contributed by atoms with E-state index in [1.54, 1.807) is 0 Å². The van der Waals surface area contributed by atoms with Gasteiger partial charge in [-0.2, -0.15) is 0 Å². The summed E-state index contributed by atoms with van der Waals surface area (Å²) < 4.78 is 28.0. The number of hydrogen-bond donors (Lipinski definition) is 1. The van der Waals surface area contributed by atoms with Crippen molar-refractivity contribution < 1.29 is 8.78 Å². The third-order valence-electron chi connectivity index (χ3n) is 2.99. The molecule has 102 valence electrons. The summed E-state index contributed by atoms with van der Waals surface area (Å²) in [4.78, 5) is 0. The summed E-state index contributed by atoms with van der Waals surface area (Å²) in [6.07, 6.45) is 0. The first-order valence-corrected chi connectivity index (χ1v) is 6.15. The molecule has 0 aliphatic heterocycles. The van der Waals surface area contributed by atoms with Crippen molar-refractivity contribution in [3.63, 3.8) is 0 Å². The van der Waals surface area contributed by atoms with Gasteiger partial charge in [-0.1, -0.05) is 12.1 Å². The van der Waals surface area contributed by atoms with Gasteiger partial charge in [-0.25, -0.2) is 13.5 Å². The number of nitrogens with zero attached hydrogens (tertiary/aromatic N) is 3. The predicted molar refractivity (Wildman–Crippen MR) is 68.1 cm³/mol. The van der Waals surface area contributed by atoms with E-state index in [4.69, 9.17) is 0 Å². The number of nitrogens with one attached hydrogen (secondary N) is 1. The van der Waals surface area contributed by atoms with Crippen LogP contribution in [0.3, 0.4) is 0 Å². The Labute approximate surface area is 110 Å². The highest BCUT2D eigenvalue weighted by Gasteiger charge is 2.17. The molecule has 0 aliphatic rings. The fourth-order valence-electron chi connectivity index (χ4n) is 2.03. The van der Waals surface area contributed by atoms with Gasteiger partial charge in [-0.05, 0) is 32.5 Å². The first-order valence-electron chi connectivity index (χ1n) is 6.15. The number of aromatic nitrogens is 3. The van der Waals surface area contributed by atoms with Crippen molar-refractivity contribution in [2.45, 2.75) is 26.8 Å². The van der Waals surface area contributed by atoms with Gasteiger partial charge in [0, 0.05) is 6.07 Å². The molecule has 1 aromatic heterocycles. The van der Waals surface area contributed by atoms with Gasteiger partial charge in [0.2, 0.25) is 0 Å². The molecule has 1 atom stereocenters. The summed E-state index contributed by atoms with van der Waals surface area (Å²) in [6, 6.07) is 3.42. The fraction of sp³-hybridized carbons (Fsp3) is 0.385. The number of halogens is 2. The van der Waals surface area contributed by atoms with Crippen LogP contribution in [0.2, 0.25) is 0 Å². The molecule has 2 rings (SSSR count). The summed E-state index contributed by atoms with van der Waals surface area (Å²) in [7, 11) is 0. The zero-order chi connectivity index (χ0) is 14.0. The van der Waals surface area contributed by atoms with Crippen LogP contribution < -0.4 is 5.32 Å². The van der Waals surface area contributed by atoms with Crippen LogP contribution in [0.4, 0.5) is 8.78 Å². The van der Waals surface area contributed by atoms with E-state index in [0.29, 0.717) is 0 Å². The van der Waals surface area contributed by atoms with Crippen LogP contribution in [0.15, 0.2) is 18.2 Å². The Morgan fingerprint density at radius 1 is 1.37 bits per heavy atom. The summed E-state index contributed by atoms with van der Waals surface area (Å²) in [5.74, 6) is -1.27. The largest absolute Gasteiger partial charge is 0.309 e. The van der Waals surface area contributed by atoms with Crippen molar-refractivity contribution in [2.24, 2.45) is 0 Å². The number of hydrogen-bond acceptors (Lipinski definition) is 3. The molecule has 1 N–H and O–H groups in total. The molecule has 0 spiro atoms. The minimum Gasteiger partial charge on any atom is -0.309 e. The summed E-state index contributed by atoms with van der Waals surface area (Å²) in [5, 5.41) is 11.2. The lowest BCUT2D eigenvalue weighted by Crippen LogP contribution is -2.19. The van der Waals surface area contributed by atoms with Crippen LogP contribution in [-0.4, -0.2) is 21.5 Å². The standard InChI is InChI=1S/C13H16F2N4/c1-4-16-8(2)13-9(3)19(18-17-13)12-6-5-10(14)7-11(12)15/h5-8,16H,4H2,1-3H3. The molecule has 0 bridgehead atoms. The van der Waals surface area contributed by atoms with E-state index in [2.05, 4.69) is 15.6 Å².